The van der Waals surface area contributed by atoms with Gasteiger partial charge >= 0.3 is 5.13 Å². The van der Waals surface area contributed by atoms with Crippen molar-refractivity contribution in [3.8, 4) is 15.5 Å². The SMILES string of the molecule is COc1ccc(C(C)=N[NH2+]c2ncc(-c3sc(C)nc3C)s2)cc1.[Br-]. The van der Waals surface area contributed by atoms with Gasteiger partial charge in [-0.3, -0.25) is 0 Å². The van der Waals surface area contributed by atoms with Crippen molar-refractivity contribution in [2.45, 2.75) is 20.8 Å². The first-order chi connectivity index (χ1) is 11.6. The third-order valence-corrected chi connectivity index (χ3v) is 5.71. The summed E-state index contributed by atoms with van der Waals surface area (Å²) in [6, 6.07) is 7.87. The van der Waals surface area contributed by atoms with E-state index in [0.29, 0.717) is 0 Å². The number of aryl methyl sites for hydroxylation is 2. The number of ether oxygens (including phenoxy) is 1. The van der Waals surface area contributed by atoms with E-state index in [1.807, 2.05) is 56.7 Å². The molecule has 3 aromatic rings. The Hall–Kier alpha value is -1.61. The number of rotatable bonds is 5. The lowest BCUT2D eigenvalue weighted by Gasteiger charge is -2.01. The molecule has 0 aliphatic carbocycles. The van der Waals surface area contributed by atoms with Crippen molar-refractivity contribution in [1.29, 1.82) is 0 Å². The van der Waals surface area contributed by atoms with Crippen LogP contribution in [-0.2, 0) is 0 Å². The highest BCUT2D eigenvalue weighted by molar-refractivity contribution is 7.23. The van der Waals surface area contributed by atoms with Crippen molar-refractivity contribution < 1.29 is 27.1 Å². The first-order valence-electron chi connectivity index (χ1n) is 7.49. The highest BCUT2D eigenvalue weighted by Crippen LogP contribution is 2.34. The molecule has 5 nitrogen and oxygen atoms in total. The summed E-state index contributed by atoms with van der Waals surface area (Å²) in [6.07, 6.45) is 1.90. The van der Waals surface area contributed by atoms with E-state index in [0.717, 1.165) is 37.7 Å². The lowest BCUT2D eigenvalue weighted by Crippen LogP contribution is -3.00. The Morgan fingerprint density at radius 2 is 1.88 bits per heavy atom. The molecular weight excluding hydrogens is 420 g/mol. The van der Waals surface area contributed by atoms with Crippen LogP contribution < -0.4 is 27.1 Å². The zero-order valence-electron chi connectivity index (χ0n) is 14.4. The van der Waals surface area contributed by atoms with Gasteiger partial charge in [-0.15, -0.1) is 11.3 Å². The molecule has 0 unspecified atom stereocenters. The molecule has 0 spiro atoms. The molecule has 0 amide bonds. The van der Waals surface area contributed by atoms with Crippen molar-refractivity contribution in [2.24, 2.45) is 5.10 Å². The second kappa shape index (κ2) is 8.66. The first kappa shape index (κ1) is 19.7. The van der Waals surface area contributed by atoms with Crippen LogP contribution in [0.5, 0.6) is 5.75 Å². The number of halogens is 1. The average Bonchev–Trinajstić information content (AvgIpc) is 3.18. The van der Waals surface area contributed by atoms with Crippen LogP contribution in [0.15, 0.2) is 35.6 Å². The summed E-state index contributed by atoms with van der Waals surface area (Å²) in [4.78, 5) is 11.3. The summed E-state index contributed by atoms with van der Waals surface area (Å²) in [7, 11) is 1.66. The van der Waals surface area contributed by atoms with Gasteiger partial charge in [0.15, 0.2) is 0 Å². The number of quaternary nitrogens is 1. The van der Waals surface area contributed by atoms with Gasteiger partial charge in [-0.1, -0.05) is 16.4 Å². The summed E-state index contributed by atoms with van der Waals surface area (Å²) in [5, 5.41) is 6.51. The lowest BCUT2D eigenvalue weighted by molar-refractivity contribution is -0.577. The van der Waals surface area contributed by atoms with Crippen LogP contribution in [0.25, 0.3) is 9.75 Å². The molecule has 0 radical (unpaired) electrons. The Bertz CT molecular complexity index is 871. The molecule has 8 heteroatoms. The summed E-state index contributed by atoms with van der Waals surface area (Å²) in [5.74, 6) is 0.843. The predicted molar refractivity (Wildman–Crippen MR) is 99.5 cm³/mol. The van der Waals surface area contributed by atoms with Gasteiger partial charge in [-0.25, -0.2) is 4.98 Å². The summed E-state index contributed by atoms with van der Waals surface area (Å²) >= 11 is 3.34. The molecule has 0 fully saturated rings. The van der Waals surface area contributed by atoms with Gasteiger partial charge in [0, 0.05) is 5.56 Å². The van der Waals surface area contributed by atoms with Crippen molar-refractivity contribution in [3.05, 3.63) is 46.7 Å². The second-order valence-corrected chi connectivity index (χ2v) is 7.55. The maximum atomic E-state index is 5.17. The molecule has 132 valence electrons. The number of thiazole rings is 2. The number of nitrogens with two attached hydrogens (primary N) is 1. The Morgan fingerprint density at radius 1 is 1.16 bits per heavy atom. The molecule has 25 heavy (non-hydrogen) atoms. The fourth-order valence-electron chi connectivity index (χ4n) is 2.27. The molecule has 0 bridgehead atoms. The predicted octanol–water partition coefficient (Wildman–Crippen LogP) is 0.515. The van der Waals surface area contributed by atoms with Crippen LogP contribution in [0, 0.1) is 13.8 Å². The summed E-state index contributed by atoms with van der Waals surface area (Å²) in [6.45, 7) is 6.05. The molecule has 3 rings (SSSR count). The first-order valence-corrected chi connectivity index (χ1v) is 9.12. The van der Waals surface area contributed by atoms with Gasteiger partial charge in [-0.05, 0) is 45.0 Å². The van der Waals surface area contributed by atoms with E-state index in [4.69, 9.17) is 4.74 Å². The molecule has 0 aliphatic rings. The normalized spacial score (nSPS) is 11.3. The number of nitrogens with zero attached hydrogens (tertiary/aromatic N) is 3. The minimum atomic E-state index is 0. The van der Waals surface area contributed by atoms with Crippen molar-refractivity contribution in [3.63, 3.8) is 0 Å². The number of aromatic nitrogens is 2. The molecule has 0 aliphatic heterocycles. The standard InChI is InChI=1S/C17H18N4OS2.BrH/c1-10(13-5-7-14(22-4)8-6-13)20-21-17-18-9-15(24-17)16-11(2)19-12(3)23-16;/h5-9H,1-4H3,(H,18,21);1H. The molecule has 0 atom stereocenters. The van der Waals surface area contributed by atoms with E-state index in [1.54, 1.807) is 29.8 Å². The number of hydrogen-bond acceptors (Lipinski definition) is 6. The Labute approximate surface area is 165 Å². The number of hydrogen-bond donors (Lipinski definition) is 1. The smallest absolute Gasteiger partial charge is 0.310 e. The lowest BCUT2D eigenvalue weighted by atomic mass is 10.1. The molecule has 2 heterocycles. The van der Waals surface area contributed by atoms with Gasteiger partial charge in [-0.2, -0.15) is 10.4 Å². The van der Waals surface area contributed by atoms with Crippen LogP contribution in [0.3, 0.4) is 0 Å². The zero-order valence-corrected chi connectivity index (χ0v) is 17.6. The van der Waals surface area contributed by atoms with E-state index >= 15 is 0 Å². The van der Waals surface area contributed by atoms with Crippen LogP contribution in [0.1, 0.15) is 23.2 Å². The molecule has 0 saturated carbocycles. The van der Waals surface area contributed by atoms with Crippen molar-refractivity contribution in [2.75, 3.05) is 7.11 Å². The quantitative estimate of drug-likeness (QED) is 0.358. The van der Waals surface area contributed by atoms with E-state index in [1.165, 1.54) is 4.88 Å². The third-order valence-electron chi connectivity index (χ3n) is 3.53. The van der Waals surface area contributed by atoms with E-state index in [-0.39, 0.29) is 17.0 Å². The van der Waals surface area contributed by atoms with Crippen molar-refractivity contribution >= 4 is 33.5 Å². The van der Waals surface area contributed by atoms with E-state index < -0.39 is 0 Å². The molecule has 2 N–H and O–H groups in total. The van der Waals surface area contributed by atoms with Crippen LogP contribution >= 0.6 is 22.7 Å². The number of benzene rings is 1. The second-order valence-electron chi connectivity index (χ2n) is 5.28. The summed E-state index contributed by atoms with van der Waals surface area (Å²) in [5.41, 5.74) is 4.89. The van der Waals surface area contributed by atoms with Gasteiger partial charge in [0.2, 0.25) is 0 Å². The Kier molecular flexibility index (Phi) is 6.83. The maximum absolute atomic E-state index is 5.17. The van der Waals surface area contributed by atoms with Gasteiger partial charge in [0.05, 0.1) is 33.8 Å². The van der Waals surface area contributed by atoms with Gasteiger partial charge in [0.25, 0.3) is 0 Å². The molecule has 0 saturated heterocycles. The van der Waals surface area contributed by atoms with E-state index in [9.17, 15) is 0 Å². The highest BCUT2D eigenvalue weighted by atomic mass is 79.9. The molecule has 2 aromatic heterocycles. The highest BCUT2D eigenvalue weighted by Gasteiger charge is 2.13. The van der Waals surface area contributed by atoms with E-state index in [2.05, 4.69) is 15.1 Å². The fourth-order valence-corrected chi connectivity index (χ4v) is 4.13. The minimum Gasteiger partial charge on any atom is -1.00 e. The number of methoxy groups -OCH3 is 1. The Morgan fingerprint density at radius 3 is 2.48 bits per heavy atom. The minimum absolute atomic E-state index is 0. The summed E-state index contributed by atoms with van der Waals surface area (Å²) < 4.78 is 5.17. The molecular formula is C17H19BrN4OS2. The van der Waals surface area contributed by atoms with Gasteiger partial charge < -0.3 is 21.7 Å². The average molecular weight is 439 g/mol. The third kappa shape index (κ3) is 4.72. The van der Waals surface area contributed by atoms with Crippen LogP contribution in [0.4, 0.5) is 5.13 Å². The van der Waals surface area contributed by atoms with Crippen LogP contribution in [0.2, 0.25) is 0 Å². The Balaban J connectivity index is 0.00000225. The topological polar surface area (TPSA) is 64.0 Å². The van der Waals surface area contributed by atoms with Crippen LogP contribution in [-0.4, -0.2) is 22.8 Å². The maximum Gasteiger partial charge on any atom is 0.310 e. The molecule has 1 aromatic carbocycles. The fraction of sp³-hybridized carbons (Fsp3) is 0.235. The largest absolute Gasteiger partial charge is 1.00 e. The monoisotopic (exact) mass is 438 g/mol. The van der Waals surface area contributed by atoms with Gasteiger partial charge in [0.1, 0.15) is 11.5 Å². The zero-order chi connectivity index (χ0) is 17.1. The van der Waals surface area contributed by atoms with Crippen molar-refractivity contribution in [1.82, 2.24) is 9.97 Å².